The van der Waals surface area contributed by atoms with Gasteiger partial charge < -0.3 is 10.5 Å². The largest absolute Gasteiger partial charge is 0.385 e. The molecule has 2 aliphatic rings. The summed E-state index contributed by atoms with van der Waals surface area (Å²) < 4.78 is 30.2. The van der Waals surface area contributed by atoms with Crippen LogP contribution in [-0.2, 0) is 29.2 Å². The summed E-state index contributed by atoms with van der Waals surface area (Å²) in [7, 11) is -3.64. The molecule has 0 spiro atoms. The lowest BCUT2D eigenvalue weighted by molar-refractivity contribution is -0.0465. The third-order valence-electron chi connectivity index (χ3n) is 6.01. The number of ether oxygens (including phenoxy) is 1. The van der Waals surface area contributed by atoms with Crippen molar-refractivity contribution in [2.45, 2.75) is 52.6 Å². The zero-order valence-electron chi connectivity index (χ0n) is 14.1. The van der Waals surface area contributed by atoms with E-state index in [4.69, 9.17) is 15.0 Å². The predicted octanol–water partition coefficient (Wildman–Crippen LogP) is 2.12. The van der Waals surface area contributed by atoms with Crippen molar-refractivity contribution in [3.63, 3.8) is 0 Å². The Morgan fingerprint density at radius 3 is 2.70 bits per heavy atom. The first-order chi connectivity index (χ1) is 10.6. The summed E-state index contributed by atoms with van der Waals surface area (Å²) in [6.45, 7) is 8.04. The van der Waals surface area contributed by atoms with Crippen LogP contribution < -0.4 is 5.73 Å². The molecule has 0 aromatic carbocycles. The molecule has 2 fully saturated rings. The van der Waals surface area contributed by atoms with Crippen LogP contribution in [0.5, 0.6) is 0 Å². The van der Waals surface area contributed by atoms with Gasteiger partial charge in [-0.2, -0.15) is 4.21 Å². The van der Waals surface area contributed by atoms with Crippen LogP contribution in [0.15, 0.2) is 4.99 Å². The van der Waals surface area contributed by atoms with Gasteiger partial charge in [0.2, 0.25) is 0 Å². The molecule has 0 saturated heterocycles. The zero-order chi connectivity index (χ0) is 17.3. The van der Waals surface area contributed by atoms with Gasteiger partial charge in [-0.25, -0.2) is 0 Å². The molecule has 0 aliphatic heterocycles. The van der Waals surface area contributed by atoms with Crippen LogP contribution in [0, 0.1) is 16.7 Å². The van der Waals surface area contributed by atoms with Crippen LogP contribution in [0.3, 0.4) is 0 Å². The summed E-state index contributed by atoms with van der Waals surface area (Å²) in [6, 6.07) is 0. The van der Waals surface area contributed by atoms with Crippen LogP contribution >= 0.6 is 0 Å². The molecule has 0 aromatic rings. The highest BCUT2D eigenvalue weighted by molar-refractivity contribution is 8.27. The second-order valence-corrected chi connectivity index (χ2v) is 9.74. The molecular weight excluding hydrogens is 336 g/mol. The van der Waals surface area contributed by atoms with Crippen molar-refractivity contribution < 1.29 is 17.7 Å². The predicted molar refractivity (Wildman–Crippen MR) is 94.2 cm³/mol. The summed E-state index contributed by atoms with van der Waals surface area (Å²) >= 11 is 4.20. The minimum absolute atomic E-state index is 0.171. The van der Waals surface area contributed by atoms with Crippen LogP contribution in [0.4, 0.5) is 0 Å². The van der Waals surface area contributed by atoms with Gasteiger partial charge in [0.1, 0.15) is 12.4 Å². The Hall–Kier alpha value is -0.280. The molecule has 2 saturated carbocycles. The van der Waals surface area contributed by atoms with E-state index >= 15 is 0 Å². The maximum atomic E-state index is 10.8. The first-order valence-electron chi connectivity index (χ1n) is 8.08. The van der Waals surface area contributed by atoms with E-state index in [9.17, 15) is 4.21 Å². The van der Waals surface area contributed by atoms with Gasteiger partial charge in [0.15, 0.2) is 0 Å². The number of rotatable bonds is 8. The maximum Gasteiger partial charge on any atom is 0.266 e. The molecular formula is C15H28N2O4S2. The zero-order valence-corrected chi connectivity index (χ0v) is 15.8. The van der Waals surface area contributed by atoms with E-state index in [2.05, 4.69) is 41.1 Å². The molecule has 4 atom stereocenters. The Morgan fingerprint density at radius 1 is 1.48 bits per heavy atom. The van der Waals surface area contributed by atoms with E-state index < -0.39 is 9.05 Å². The van der Waals surface area contributed by atoms with E-state index in [1.807, 2.05) is 0 Å². The second-order valence-electron chi connectivity index (χ2n) is 7.39. The van der Waals surface area contributed by atoms with E-state index in [0.29, 0.717) is 24.7 Å². The normalized spacial score (nSPS) is 35.4. The molecule has 0 heterocycles. The summed E-state index contributed by atoms with van der Waals surface area (Å²) in [6.07, 6.45) is 4.83. The van der Waals surface area contributed by atoms with Crippen LogP contribution in [0.25, 0.3) is 0 Å². The number of nitrogens with zero attached hydrogens (tertiary/aromatic N) is 1. The van der Waals surface area contributed by atoms with Crippen molar-refractivity contribution in [3.05, 3.63) is 0 Å². The van der Waals surface area contributed by atoms with E-state index in [-0.39, 0.29) is 17.9 Å². The number of nitrogens with two attached hydrogens (primary N) is 1. The van der Waals surface area contributed by atoms with Crippen molar-refractivity contribution in [3.8, 4) is 0 Å². The SMILES string of the molecule is CC1(C)C2CCC1(C)[C@@H](OCCCN=C(N)COS(=O)(O)=S)C2. The van der Waals surface area contributed by atoms with E-state index in [1.165, 1.54) is 12.8 Å². The second kappa shape index (κ2) is 6.92. The summed E-state index contributed by atoms with van der Waals surface area (Å²) in [5.74, 6) is 0.944. The summed E-state index contributed by atoms with van der Waals surface area (Å²) in [5, 5.41) is 0. The molecule has 3 unspecified atom stereocenters. The lowest BCUT2D eigenvalue weighted by Gasteiger charge is -2.38. The fraction of sp³-hybridized carbons (Fsp3) is 0.933. The Kier molecular flexibility index (Phi) is 5.73. The lowest BCUT2D eigenvalue weighted by atomic mass is 9.70. The topological polar surface area (TPSA) is 94.1 Å². The van der Waals surface area contributed by atoms with Crippen molar-refractivity contribution >= 4 is 26.1 Å². The van der Waals surface area contributed by atoms with Crippen LogP contribution in [0.2, 0.25) is 0 Å². The highest BCUT2D eigenvalue weighted by Crippen LogP contribution is 2.66. The van der Waals surface area contributed by atoms with Crippen LogP contribution in [-0.4, -0.2) is 40.5 Å². The molecule has 23 heavy (non-hydrogen) atoms. The van der Waals surface area contributed by atoms with Crippen LogP contribution in [0.1, 0.15) is 46.5 Å². The molecule has 134 valence electrons. The standard InChI is InChI=1S/C15H28N2O4S2/c1-14(2)11-5-6-15(14,3)12(9-11)20-8-4-7-17-13(16)10-21-23(18,19)22/h11-12H,4-10H2,1-3H3,(H2,16,17)(H,18,19,22)/t11?,12-,15?/m0/s1. The van der Waals surface area contributed by atoms with Gasteiger partial charge in [-0.1, -0.05) is 20.8 Å². The maximum absolute atomic E-state index is 10.8. The van der Waals surface area contributed by atoms with Gasteiger partial charge in [0.25, 0.3) is 9.05 Å². The van der Waals surface area contributed by atoms with Crippen molar-refractivity contribution in [2.75, 3.05) is 19.8 Å². The number of fused-ring (bicyclic) bond motifs is 2. The van der Waals surface area contributed by atoms with Gasteiger partial charge in [-0.15, -0.1) is 0 Å². The first-order valence-corrected chi connectivity index (χ1v) is 10.4. The Bertz CT molecular complexity index is 562. The monoisotopic (exact) mass is 364 g/mol. The minimum Gasteiger partial charge on any atom is -0.385 e. The average molecular weight is 365 g/mol. The quantitative estimate of drug-likeness (QED) is 0.389. The van der Waals surface area contributed by atoms with Gasteiger partial charge in [0, 0.05) is 24.3 Å². The molecule has 2 bridgehead atoms. The van der Waals surface area contributed by atoms with E-state index in [0.717, 1.165) is 18.8 Å². The molecule has 0 radical (unpaired) electrons. The molecule has 0 amide bonds. The summed E-state index contributed by atoms with van der Waals surface area (Å²) in [5.41, 5.74) is 6.23. The van der Waals surface area contributed by atoms with Gasteiger partial charge in [-0.3, -0.25) is 13.7 Å². The highest BCUT2D eigenvalue weighted by atomic mass is 32.9. The molecule has 2 rings (SSSR count). The van der Waals surface area contributed by atoms with Gasteiger partial charge >= 0.3 is 0 Å². The highest BCUT2D eigenvalue weighted by Gasteiger charge is 2.61. The molecule has 6 nitrogen and oxygen atoms in total. The number of amidine groups is 1. The Balaban J connectivity index is 1.69. The molecule has 8 heteroatoms. The molecule has 3 N–H and O–H groups in total. The minimum atomic E-state index is -3.64. The smallest absolute Gasteiger partial charge is 0.266 e. The summed E-state index contributed by atoms with van der Waals surface area (Å²) in [4.78, 5) is 4.09. The third-order valence-corrected chi connectivity index (χ3v) is 6.71. The number of hydrogen-bond acceptors (Lipinski definition) is 5. The van der Waals surface area contributed by atoms with E-state index in [1.54, 1.807) is 0 Å². The molecule has 0 aromatic heterocycles. The van der Waals surface area contributed by atoms with Gasteiger partial charge in [0.05, 0.1) is 6.10 Å². The number of aliphatic imine (C=N–C) groups is 1. The Morgan fingerprint density at radius 2 is 2.17 bits per heavy atom. The fourth-order valence-corrected chi connectivity index (χ4v) is 4.49. The molecule has 2 aliphatic carbocycles. The first kappa shape index (κ1) is 19.1. The van der Waals surface area contributed by atoms with Crippen molar-refractivity contribution in [1.29, 1.82) is 0 Å². The number of hydrogen-bond donors (Lipinski definition) is 2. The van der Waals surface area contributed by atoms with Gasteiger partial charge in [-0.05, 0) is 42.4 Å². The Labute approximate surface area is 143 Å². The van der Waals surface area contributed by atoms with Crippen molar-refractivity contribution in [2.24, 2.45) is 27.5 Å². The third kappa shape index (κ3) is 4.22. The van der Waals surface area contributed by atoms with Crippen molar-refractivity contribution in [1.82, 2.24) is 0 Å². The fourth-order valence-electron chi connectivity index (χ4n) is 4.08. The lowest BCUT2D eigenvalue weighted by Crippen LogP contribution is -2.37. The average Bonchev–Trinajstić information content (AvgIpc) is 2.77.